The summed E-state index contributed by atoms with van der Waals surface area (Å²) < 4.78 is 18.1. The first kappa shape index (κ1) is 13.8. The lowest BCUT2D eigenvalue weighted by Gasteiger charge is -2.12. The number of aliphatic hydroxyl groups is 1. The van der Waals surface area contributed by atoms with Crippen molar-refractivity contribution in [1.29, 1.82) is 0 Å². The van der Waals surface area contributed by atoms with Crippen LogP contribution in [0.15, 0.2) is 36.5 Å². The molecule has 19 heavy (non-hydrogen) atoms. The molecular formula is C14H13ClFNO2. The van der Waals surface area contributed by atoms with Gasteiger partial charge in [-0.1, -0.05) is 11.6 Å². The number of aromatic nitrogens is 1. The Hall–Kier alpha value is -1.65. The average Bonchev–Trinajstić information content (AvgIpc) is 2.43. The van der Waals surface area contributed by atoms with Crippen LogP contribution in [0.5, 0.6) is 5.88 Å². The Morgan fingerprint density at radius 1 is 1.37 bits per heavy atom. The van der Waals surface area contributed by atoms with E-state index in [1.54, 1.807) is 12.1 Å². The summed E-state index contributed by atoms with van der Waals surface area (Å²) in [6, 6.07) is 7.45. The van der Waals surface area contributed by atoms with Crippen molar-refractivity contribution in [3.05, 3.63) is 58.5 Å². The quantitative estimate of drug-likeness (QED) is 0.936. The molecule has 1 heterocycles. The second kappa shape index (κ2) is 5.99. The highest BCUT2D eigenvalue weighted by molar-refractivity contribution is 6.31. The van der Waals surface area contributed by atoms with Gasteiger partial charge < -0.3 is 9.84 Å². The highest BCUT2D eigenvalue weighted by Gasteiger charge is 2.12. The van der Waals surface area contributed by atoms with Gasteiger partial charge in [0.15, 0.2) is 0 Å². The molecule has 1 aromatic heterocycles. The first-order valence-corrected chi connectivity index (χ1v) is 6.10. The molecule has 0 spiro atoms. The summed E-state index contributed by atoms with van der Waals surface area (Å²) in [7, 11) is 1.52. The van der Waals surface area contributed by atoms with Gasteiger partial charge in [0.1, 0.15) is 5.82 Å². The Balaban J connectivity index is 2.15. The fourth-order valence-corrected chi connectivity index (χ4v) is 1.93. The van der Waals surface area contributed by atoms with E-state index in [4.69, 9.17) is 16.3 Å². The maximum atomic E-state index is 13.1. The molecule has 3 nitrogen and oxygen atoms in total. The van der Waals surface area contributed by atoms with Crippen LogP contribution in [0.25, 0.3) is 0 Å². The minimum atomic E-state index is -0.794. The first-order chi connectivity index (χ1) is 9.10. The van der Waals surface area contributed by atoms with Gasteiger partial charge in [0.2, 0.25) is 5.88 Å². The Morgan fingerprint density at radius 2 is 2.16 bits per heavy atom. The first-order valence-electron chi connectivity index (χ1n) is 5.72. The molecule has 0 aliphatic carbocycles. The zero-order valence-corrected chi connectivity index (χ0v) is 11.1. The Kier molecular flexibility index (Phi) is 4.35. The summed E-state index contributed by atoms with van der Waals surface area (Å²) in [5.74, 6) is 0.0965. The lowest BCUT2D eigenvalue weighted by atomic mass is 10.0. The molecule has 100 valence electrons. The number of nitrogens with zero attached hydrogens (tertiary/aromatic N) is 1. The van der Waals surface area contributed by atoms with Crippen molar-refractivity contribution < 1.29 is 14.2 Å². The van der Waals surface area contributed by atoms with E-state index in [1.807, 2.05) is 0 Å². The van der Waals surface area contributed by atoms with E-state index in [-0.39, 0.29) is 12.2 Å². The summed E-state index contributed by atoms with van der Waals surface area (Å²) in [6.45, 7) is 0. The Bertz CT molecular complexity index is 560. The predicted molar refractivity (Wildman–Crippen MR) is 70.9 cm³/mol. The molecular weight excluding hydrogens is 269 g/mol. The summed E-state index contributed by atoms with van der Waals surface area (Å²) >= 11 is 5.96. The van der Waals surface area contributed by atoms with E-state index in [1.165, 1.54) is 31.5 Å². The second-order valence-electron chi connectivity index (χ2n) is 4.09. The van der Waals surface area contributed by atoms with Crippen LogP contribution >= 0.6 is 11.6 Å². The van der Waals surface area contributed by atoms with Gasteiger partial charge in [-0.3, -0.25) is 0 Å². The third kappa shape index (κ3) is 3.43. The normalized spacial score (nSPS) is 12.2. The minimum absolute atomic E-state index is 0.227. The highest BCUT2D eigenvalue weighted by atomic mass is 35.5. The van der Waals surface area contributed by atoms with Gasteiger partial charge in [-0.2, -0.15) is 0 Å². The lowest BCUT2D eigenvalue weighted by molar-refractivity contribution is 0.178. The van der Waals surface area contributed by atoms with Crippen molar-refractivity contribution in [2.45, 2.75) is 12.5 Å². The summed E-state index contributed by atoms with van der Waals surface area (Å²) in [6.07, 6.45) is 0.958. The fourth-order valence-electron chi connectivity index (χ4n) is 1.74. The van der Waals surface area contributed by atoms with Crippen LogP contribution in [0.2, 0.25) is 5.02 Å². The fraction of sp³-hybridized carbons (Fsp3) is 0.214. The zero-order chi connectivity index (χ0) is 13.8. The van der Waals surface area contributed by atoms with Gasteiger partial charge in [-0.25, -0.2) is 9.37 Å². The average molecular weight is 282 g/mol. The SMILES string of the molecule is COc1ccc(C(O)Cc2cc(F)ccc2Cl)cn1. The van der Waals surface area contributed by atoms with Crippen molar-refractivity contribution >= 4 is 11.6 Å². The summed E-state index contributed by atoms with van der Waals surface area (Å²) in [4.78, 5) is 4.01. The van der Waals surface area contributed by atoms with E-state index in [9.17, 15) is 9.50 Å². The van der Waals surface area contributed by atoms with Crippen molar-refractivity contribution in [2.24, 2.45) is 0 Å². The highest BCUT2D eigenvalue weighted by Crippen LogP contribution is 2.24. The van der Waals surface area contributed by atoms with Crippen molar-refractivity contribution in [2.75, 3.05) is 7.11 Å². The topological polar surface area (TPSA) is 42.4 Å². The number of hydrogen-bond donors (Lipinski definition) is 1. The van der Waals surface area contributed by atoms with Gasteiger partial charge in [0.25, 0.3) is 0 Å². The molecule has 0 amide bonds. The molecule has 0 aliphatic rings. The molecule has 2 aromatic rings. The third-order valence-electron chi connectivity index (χ3n) is 2.77. The van der Waals surface area contributed by atoms with Crippen LogP contribution in [-0.4, -0.2) is 17.2 Å². The summed E-state index contributed by atoms with van der Waals surface area (Å²) in [5, 5.41) is 10.5. The van der Waals surface area contributed by atoms with E-state index >= 15 is 0 Å². The maximum Gasteiger partial charge on any atom is 0.212 e. The van der Waals surface area contributed by atoms with Crippen molar-refractivity contribution in [3.63, 3.8) is 0 Å². The predicted octanol–water partition coefficient (Wildman–Crippen LogP) is 3.16. The number of aliphatic hydroxyl groups excluding tert-OH is 1. The number of halogens is 2. The molecule has 0 radical (unpaired) electrons. The van der Waals surface area contributed by atoms with Crippen molar-refractivity contribution in [1.82, 2.24) is 4.98 Å². The molecule has 2 rings (SSSR count). The molecule has 5 heteroatoms. The van der Waals surface area contributed by atoms with Gasteiger partial charge in [-0.15, -0.1) is 0 Å². The van der Waals surface area contributed by atoms with Gasteiger partial charge in [0, 0.05) is 23.7 Å². The minimum Gasteiger partial charge on any atom is -0.481 e. The molecule has 0 saturated heterocycles. The van der Waals surface area contributed by atoms with Gasteiger partial charge >= 0.3 is 0 Å². The second-order valence-corrected chi connectivity index (χ2v) is 4.50. The van der Waals surface area contributed by atoms with Crippen molar-refractivity contribution in [3.8, 4) is 5.88 Å². The monoisotopic (exact) mass is 281 g/mol. The van der Waals surface area contributed by atoms with Crippen LogP contribution in [0, 0.1) is 5.82 Å². The van der Waals surface area contributed by atoms with Crippen LogP contribution in [0.4, 0.5) is 4.39 Å². The molecule has 1 N–H and O–H groups in total. The smallest absolute Gasteiger partial charge is 0.212 e. The molecule has 0 fully saturated rings. The van der Waals surface area contributed by atoms with Gasteiger partial charge in [0.05, 0.1) is 13.2 Å². The van der Waals surface area contributed by atoms with E-state index in [0.717, 1.165) is 0 Å². The van der Waals surface area contributed by atoms with Crippen LogP contribution in [0.1, 0.15) is 17.2 Å². The summed E-state index contributed by atoms with van der Waals surface area (Å²) in [5.41, 5.74) is 1.19. The number of pyridine rings is 1. The zero-order valence-electron chi connectivity index (χ0n) is 10.3. The van der Waals surface area contributed by atoms with E-state index in [0.29, 0.717) is 22.0 Å². The van der Waals surface area contributed by atoms with Crippen LogP contribution in [0.3, 0.4) is 0 Å². The number of rotatable bonds is 4. The third-order valence-corrected chi connectivity index (χ3v) is 3.14. The van der Waals surface area contributed by atoms with Gasteiger partial charge in [-0.05, 0) is 35.4 Å². The molecule has 1 unspecified atom stereocenters. The Labute approximate surface area is 115 Å². The molecule has 0 bridgehead atoms. The number of ether oxygens (including phenoxy) is 1. The largest absolute Gasteiger partial charge is 0.481 e. The number of methoxy groups -OCH3 is 1. The number of hydrogen-bond acceptors (Lipinski definition) is 3. The van der Waals surface area contributed by atoms with E-state index < -0.39 is 6.10 Å². The Morgan fingerprint density at radius 3 is 2.79 bits per heavy atom. The van der Waals surface area contributed by atoms with E-state index in [2.05, 4.69) is 4.98 Å². The lowest BCUT2D eigenvalue weighted by Crippen LogP contribution is -2.03. The van der Waals surface area contributed by atoms with Crippen LogP contribution in [-0.2, 0) is 6.42 Å². The maximum absolute atomic E-state index is 13.1. The van der Waals surface area contributed by atoms with Crippen LogP contribution < -0.4 is 4.74 Å². The molecule has 1 atom stereocenters. The molecule has 0 aliphatic heterocycles. The molecule has 1 aromatic carbocycles. The number of benzene rings is 1. The molecule has 0 saturated carbocycles. The standard InChI is InChI=1S/C14H13ClFNO2/c1-19-14-5-2-9(8-17-14)13(18)7-10-6-11(16)3-4-12(10)15/h2-6,8,13,18H,7H2,1H3.